The summed E-state index contributed by atoms with van der Waals surface area (Å²) in [5, 5.41) is 0. The van der Waals surface area contributed by atoms with Crippen LogP contribution >= 0.6 is 0 Å². The highest BCUT2D eigenvalue weighted by Gasteiger charge is 2.24. The van der Waals surface area contributed by atoms with E-state index >= 15 is 0 Å². The SMILES string of the molecule is CC1CCN(c2ccc(N)c(OC(C)(C)C)n2)CC1C. The number of nitrogens with two attached hydrogens (primary N) is 1. The van der Waals surface area contributed by atoms with Crippen molar-refractivity contribution in [2.24, 2.45) is 11.8 Å². The molecule has 20 heavy (non-hydrogen) atoms. The molecule has 0 bridgehead atoms. The summed E-state index contributed by atoms with van der Waals surface area (Å²) in [6.07, 6.45) is 1.21. The minimum Gasteiger partial charge on any atom is -0.470 e. The largest absolute Gasteiger partial charge is 0.470 e. The fourth-order valence-corrected chi connectivity index (χ4v) is 2.46. The van der Waals surface area contributed by atoms with E-state index in [1.165, 1.54) is 6.42 Å². The summed E-state index contributed by atoms with van der Waals surface area (Å²) in [6.45, 7) is 12.8. The van der Waals surface area contributed by atoms with Gasteiger partial charge in [-0.25, -0.2) is 0 Å². The van der Waals surface area contributed by atoms with E-state index in [1.54, 1.807) is 0 Å². The fourth-order valence-electron chi connectivity index (χ4n) is 2.46. The number of anilines is 2. The maximum absolute atomic E-state index is 5.97. The molecule has 4 heteroatoms. The van der Waals surface area contributed by atoms with Gasteiger partial charge < -0.3 is 15.4 Å². The summed E-state index contributed by atoms with van der Waals surface area (Å²) >= 11 is 0. The van der Waals surface area contributed by atoms with Gasteiger partial charge in [-0.2, -0.15) is 4.98 Å². The van der Waals surface area contributed by atoms with E-state index in [0.717, 1.165) is 24.8 Å². The summed E-state index contributed by atoms with van der Waals surface area (Å²) in [4.78, 5) is 6.95. The van der Waals surface area contributed by atoms with Crippen LogP contribution in [0.15, 0.2) is 12.1 Å². The highest BCUT2D eigenvalue weighted by Crippen LogP contribution is 2.30. The van der Waals surface area contributed by atoms with E-state index in [1.807, 2.05) is 32.9 Å². The Morgan fingerprint density at radius 2 is 1.95 bits per heavy atom. The molecule has 4 nitrogen and oxygen atoms in total. The topological polar surface area (TPSA) is 51.4 Å². The van der Waals surface area contributed by atoms with E-state index in [2.05, 4.69) is 23.7 Å². The molecule has 112 valence electrons. The van der Waals surface area contributed by atoms with Gasteiger partial charge in [-0.3, -0.25) is 0 Å². The van der Waals surface area contributed by atoms with E-state index in [0.29, 0.717) is 17.5 Å². The molecule has 2 unspecified atom stereocenters. The molecule has 1 fully saturated rings. The highest BCUT2D eigenvalue weighted by atomic mass is 16.5. The molecule has 0 aromatic carbocycles. The first-order chi connectivity index (χ1) is 9.26. The second kappa shape index (κ2) is 5.51. The number of nitrogen functional groups attached to an aromatic ring is 1. The van der Waals surface area contributed by atoms with Crippen LogP contribution in [-0.2, 0) is 0 Å². The molecule has 1 saturated heterocycles. The molecular weight excluding hydrogens is 250 g/mol. The first-order valence-electron chi connectivity index (χ1n) is 7.47. The van der Waals surface area contributed by atoms with Crippen molar-refractivity contribution in [3.8, 4) is 5.88 Å². The third-order valence-corrected chi connectivity index (χ3v) is 3.94. The van der Waals surface area contributed by atoms with Crippen LogP contribution in [0.25, 0.3) is 0 Å². The van der Waals surface area contributed by atoms with Gasteiger partial charge in [-0.05, 0) is 51.2 Å². The van der Waals surface area contributed by atoms with Crippen LogP contribution in [0.2, 0.25) is 0 Å². The predicted octanol–water partition coefficient (Wildman–Crippen LogP) is 3.32. The zero-order valence-corrected chi connectivity index (χ0v) is 13.3. The maximum atomic E-state index is 5.97. The zero-order chi connectivity index (χ0) is 14.9. The lowest BCUT2D eigenvalue weighted by atomic mass is 9.89. The van der Waals surface area contributed by atoms with Crippen LogP contribution in [0.1, 0.15) is 41.0 Å². The Hall–Kier alpha value is -1.45. The van der Waals surface area contributed by atoms with Crippen LogP contribution < -0.4 is 15.4 Å². The van der Waals surface area contributed by atoms with E-state index in [4.69, 9.17) is 10.5 Å². The van der Waals surface area contributed by atoms with Crippen LogP contribution in [0.4, 0.5) is 11.5 Å². The Bertz CT molecular complexity index is 467. The fraction of sp³-hybridized carbons (Fsp3) is 0.688. The standard InChI is InChI=1S/C16H27N3O/c1-11-8-9-19(10-12(11)2)14-7-6-13(17)15(18-14)20-16(3,4)5/h6-7,11-12H,8-10,17H2,1-5H3. The summed E-state index contributed by atoms with van der Waals surface area (Å²) in [5.41, 5.74) is 6.28. The Balaban J connectivity index is 2.19. The molecule has 2 rings (SSSR count). The van der Waals surface area contributed by atoms with Gasteiger partial charge in [0.05, 0.1) is 5.69 Å². The molecule has 1 aliphatic heterocycles. The Kier molecular flexibility index (Phi) is 4.11. The highest BCUT2D eigenvalue weighted by molar-refractivity contribution is 5.55. The summed E-state index contributed by atoms with van der Waals surface area (Å²) < 4.78 is 5.85. The molecule has 2 heterocycles. The monoisotopic (exact) mass is 277 g/mol. The average molecular weight is 277 g/mol. The Labute approximate surface area is 122 Å². The van der Waals surface area contributed by atoms with Crippen molar-refractivity contribution < 1.29 is 4.74 Å². The summed E-state index contributed by atoms with van der Waals surface area (Å²) in [5.74, 6) is 2.99. The smallest absolute Gasteiger partial charge is 0.239 e. The van der Waals surface area contributed by atoms with Crippen molar-refractivity contribution in [3.05, 3.63) is 12.1 Å². The van der Waals surface area contributed by atoms with E-state index in [9.17, 15) is 0 Å². The van der Waals surface area contributed by atoms with Crippen LogP contribution in [0.5, 0.6) is 5.88 Å². The number of hydrogen-bond donors (Lipinski definition) is 1. The minimum absolute atomic E-state index is 0.288. The van der Waals surface area contributed by atoms with Crippen LogP contribution in [0.3, 0.4) is 0 Å². The number of ether oxygens (including phenoxy) is 1. The lowest BCUT2D eigenvalue weighted by Gasteiger charge is -2.36. The first kappa shape index (κ1) is 14.9. The van der Waals surface area contributed by atoms with Crippen molar-refractivity contribution in [3.63, 3.8) is 0 Å². The third-order valence-electron chi connectivity index (χ3n) is 3.94. The molecule has 2 N–H and O–H groups in total. The lowest BCUT2D eigenvalue weighted by Crippen LogP contribution is -2.39. The van der Waals surface area contributed by atoms with Crippen LogP contribution in [0, 0.1) is 11.8 Å². The predicted molar refractivity (Wildman–Crippen MR) is 84.2 cm³/mol. The Morgan fingerprint density at radius 1 is 1.25 bits per heavy atom. The van der Waals surface area contributed by atoms with Crippen LogP contribution in [-0.4, -0.2) is 23.7 Å². The van der Waals surface area contributed by atoms with Crippen molar-refractivity contribution in [2.75, 3.05) is 23.7 Å². The van der Waals surface area contributed by atoms with Gasteiger partial charge in [-0.15, -0.1) is 0 Å². The van der Waals surface area contributed by atoms with Gasteiger partial charge in [-0.1, -0.05) is 13.8 Å². The molecule has 1 aromatic heterocycles. The summed E-state index contributed by atoms with van der Waals surface area (Å²) in [7, 11) is 0. The van der Waals surface area contributed by atoms with Gasteiger partial charge in [0.1, 0.15) is 11.4 Å². The number of rotatable bonds is 2. The Morgan fingerprint density at radius 3 is 2.55 bits per heavy atom. The quantitative estimate of drug-likeness (QED) is 0.901. The third kappa shape index (κ3) is 3.56. The van der Waals surface area contributed by atoms with Crippen molar-refractivity contribution in [1.29, 1.82) is 0 Å². The van der Waals surface area contributed by atoms with Gasteiger partial charge in [0.15, 0.2) is 0 Å². The van der Waals surface area contributed by atoms with Crippen molar-refractivity contribution in [2.45, 2.75) is 46.6 Å². The summed E-state index contributed by atoms with van der Waals surface area (Å²) in [6, 6.07) is 3.89. The number of nitrogens with zero attached hydrogens (tertiary/aromatic N) is 2. The van der Waals surface area contributed by atoms with Gasteiger partial charge >= 0.3 is 0 Å². The number of pyridine rings is 1. The van der Waals surface area contributed by atoms with Crippen molar-refractivity contribution in [1.82, 2.24) is 4.98 Å². The van der Waals surface area contributed by atoms with E-state index in [-0.39, 0.29) is 5.60 Å². The molecule has 1 aromatic rings. The zero-order valence-electron chi connectivity index (χ0n) is 13.3. The number of hydrogen-bond acceptors (Lipinski definition) is 4. The first-order valence-corrected chi connectivity index (χ1v) is 7.47. The molecule has 1 aliphatic rings. The average Bonchev–Trinajstić information content (AvgIpc) is 2.34. The second-order valence-electron chi connectivity index (χ2n) is 6.97. The molecule has 0 amide bonds. The minimum atomic E-state index is -0.288. The van der Waals surface area contributed by atoms with Gasteiger partial charge in [0.2, 0.25) is 5.88 Å². The second-order valence-corrected chi connectivity index (χ2v) is 6.97. The maximum Gasteiger partial charge on any atom is 0.239 e. The van der Waals surface area contributed by atoms with Crippen molar-refractivity contribution >= 4 is 11.5 Å². The van der Waals surface area contributed by atoms with E-state index < -0.39 is 0 Å². The molecule has 0 aliphatic carbocycles. The normalized spacial score (nSPS) is 23.8. The molecule has 0 saturated carbocycles. The van der Waals surface area contributed by atoms with Gasteiger partial charge in [0, 0.05) is 13.1 Å². The molecule has 0 radical (unpaired) electrons. The van der Waals surface area contributed by atoms with Gasteiger partial charge in [0.25, 0.3) is 0 Å². The molecule has 2 atom stereocenters. The number of piperidine rings is 1. The number of aromatic nitrogens is 1. The molecule has 0 spiro atoms. The molecular formula is C16H27N3O. The lowest BCUT2D eigenvalue weighted by molar-refractivity contribution is 0.125.